The number of rotatable bonds is 8. The SMILES string of the molecule is CC1=C2[C@@H](O)C(=O)[C@@]3(C)[C@H]([C@H](OC(=O)c4ccccc4)[C@](O)(C[C@@H]1OC(=O)[C@H](O)[C@@H](NC(=O)c1ccc(Cl)cc1)c1ccccc1)C2(C)C)[C@]1(O)CO[C@@H]1C[C@@H]3O. The van der Waals surface area contributed by atoms with Crippen LogP contribution in [0.2, 0.25) is 5.02 Å². The van der Waals surface area contributed by atoms with Crippen molar-refractivity contribution >= 4 is 35.2 Å². The van der Waals surface area contributed by atoms with Crippen molar-refractivity contribution < 1.29 is 58.9 Å². The Morgan fingerprint density at radius 3 is 2.11 bits per heavy atom. The molecule has 0 aromatic heterocycles. The highest BCUT2D eigenvalue weighted by Crippen LogP contribution is 2.63. The summed E-state index contributed by atoms with van der Waals surface area (Å²) in [7, 11) is 0. The number of ketones is 1. The minimum Gasteiger partial charge on any atom is -0.456 e. The highest BCUT2D eigenvalue weighted by Gasteiger charge is 2.76. The first-order valence-electron chi connectivity index (χ1n) is 18.8. The number of Topliss-reactive ketones (excluding diaryl/α,β-unsaturated/α-hetero) is 1. The van der Waals surface area contributed by atoms with Crippen LogP contribution >= 0.6 is 11.6 Å². The predicted octanol–water partition coefficient (Wildman–Crippen LogP) is 3.25. The van der Waals surface area contributed by atoms with E-state index in [1.165, 1.54) is 50.2 Å². The largest absolute Gasteiger partial charge is 0.456 e. The number of carbonyl (C=O) groups excluding carboxylic acids is 4. The maximum Gasteiger partial charge on any atom is 0.338 e. The summed E-state index contributed by atoms with van der Waals surface area (Å²) in [6.07, 6.45) is -10.4. The molecule has 6 N–H and O–H groups in total. The van der Waals surface area contributed by atoms with Crippen molar-refractivity contribution in [3.05, 3.63) is 118 Å². The highest BCUT2D eigenvalue weighted by molar-refractivity contribution is 6.30. The van der Waals surface area contributed by atoms with E-state index in [4.69, 9.17) is 25.8 Å². The van der Waals surface area contributed by atoms with Gasteiger partial charge in [0.05, 0.1) is 35.8 Å². The predicted molar refractivity (Wildman–Crippen MR) is 204 cm³/mol. The van der Waals surface area contributed by atoms with E-state index in [0.717, 1.165) is 0 Å². The van der Waals surface area contributed by atoms with E-state index in [1.807, 2.05) is 0 Å². The second-order valence-corrected chi connectivity index (χ2v) is 16.8. The zero-order chi connectivity index (χ0) is 41.2. The van der Waals surface area contributed by atoms with Gasteiger partial charge in [0.2, 0.25) is 0 Å². The van der Waals surface area contributed by atoms with Gasteiger partial charge in [0.15, 0.2) is 11.9 Å². The molecule has 0 unspecified atom stereocenters. The van der Waals surface area contributed by atoms with Crippen molar-refractivity contribution in [2.75, 3.05) is 6.61 Å². The molecule has 3 aromatic rings. The maximum atomic E-state index is 14.7. The summed E-state index contributed by atoms with van der Waals surface area (Å²) in [4.78, 5) is 56.1. The minimum absolute atomic E-state index is 0.0456. The lowest BCUT2D eigenvalue weighted by Crippen LogP contribution is -2.81. The van der Waals surface area contributed by atoms with Crippen LogP contribution < -0.4 is 5.32 Å². The molecule has 302 valence electrons. The summed E-state index contributed by atoms with van der Waals surface area (Å²) in [6, 6.07) is 20.8. The van der Waals surface area contributed by atoms with Gasteiger partial charge in [-0.05, 0) is 67.0 Å². The number of carbonyl (C=O) groups is 4. The van der Waals surface area contributed by atoms with Crippen LogP contribution in [0, 0.1) is 16.7 Å². The van der Waals surface area contributed by atoms with Crippen LogP contribution in [0.3, 0.4) is 0 Å². The van der Waals surface area contributed by atoms with Gasteiger partial charge in [-0.3, -0.25) is 9.59 Å². The van der Waals surface area contributed by atoms with Gasteiger partial charge in [-0.1, -0.05) is 74.0 Å². The molecule has 1 amide bonds. The molecular weight excluding hydrogens is 758 g/mol. The van der Waals surface area contributed by atoms with Gasteiger partial charge in [-0.15, -0.1) is 0 Å². The minimum atomic E-state index is -2.32. The van der Waals surface area contributed by atoms with E-state index in [0.29, 0.717) is 10.6 Å². The molecule has 0 radical (unpaired) electrons. The number of esters is 2. The second-order valence-electron chi connectivity index (χ2n) is 16.4. The Bertz CT molecular complexity index is 2090. The van der Waals surface area contributed by atoms with Crippen molar-refractivity contribution in [1.29, 1.82) is 0 Å². The van der Waals surface area contributed by atoms with E-state index >= 15 is 0 Å². The van der Waals surface area contributed by atoms with Crippen LogP contribution in [0.1, 0.15) is 72.9 Å². The molecule has 3 aliphatic carbocycles. The molecule has 0 spiro atoms. The molecule has 57 heavy (non-hydrogen) atoms. The molecule has 2 bridgehead atoms. The molecule has 7 rings (SSSR count). The molecule has 1 heterocycles. The summed E-state index contributed by atoms with van der Waals surface area (Å²) in [5.41, 5.74) is -7.00. The smallest absolute Gasteiger partial charge is 0.338 e. The topological polar surface area (TPSA) is 209 Å². The molecule has 11 atom stereocenters. The molecule has 2 saturated carbocycles. The van der Waals surface area contributed by atoms with Crippen LogP contribution in [-0.4, -0.2) is 104 Å². The number of fused-ring (bicyclic) bond motifs is 5. The van der Waals surface area contributed by atoms with Gasteiger partial charge in [0.25, 0.3) is 5.91 Å². The Balaban J connectivity index is 1.30. The highest BCUT2D eigenvalue weighted by atomic mass is 35.5. The van der Waals surface area contributed by atoms with Gasteiger partial charge in [0.1, 0.15) is 29.5 Å². The number of ether oxygens (including phenoxy) is 3. The number of hydrogen-bond acceptors (Lipinski definition) is 12. The van der Waals surface area contributed by atoms with Crippen molar-refractivity contribution in [2.45, 2.75) is 94.4 Å². The third kappa shape index (κ3) is 6.49. The number of aliphatic hydroxyl groups is 5. The quantitative estimate of drug-likeness (QED) is 0.143. The summed E-state index contributed by atoms with van der Waals surface area (Å²) < 4.78 is 17.9. The molecule has 3 aromatic carbocycles. The van der Waals surface area contributed by atoms with E-state index in [1.54, 1.807) is 62.4 Å². The Labute approximate surface area is 334 Å². The zero-order valence-electron chi connectivity index (χ0n) is 31.8. The van der Waals surface area contributed by atoms with Crippen LogP contribution in [0.4, 0.5) is 0 Å². The first-order valence-corrected chi connectivity index (χ1v) is 19.2. The number of amides is 1. The van der Waals surface area contributed by atoms with Crippen molar-refractivity contribution in [2.24, 2.45) is 16.7 Å². The third-order valence-electron chi connectivity index (χ3n) is 13.0. The van der Waals surface area contributed by atoms with Crippen LogP contribution in [0.25, 0.3) is 0 Å². The average molecular weight is 804 g/mol. The van der Waals surface area contributed by atoms with Gasteiger partial charge >= 0.3 is 11.9 Å². The first-order chi connectivity index (χ1) is 26.9. The van der Waals surface area contributed by atoms with E-state index in [9.17, 15) is 44.7 Å². The number of benzene rings is 3. The van der Waals surface area contributed by atoms with E-state index in [2.05, 4.69) is 5.32 Å². The fraction of sp³-hybridized carbons (Fsp3) is 0.442. The lowest BCUT2D eigenvalue weighted by atomic mass is 9.44. The lowest BCUT2D eigenvalue weighted by Gasteiger charge is -2.66. The van der Waals surface area contributed by atoms with Gasteiger partial charge < -0.3 is 45.1 Å². The Kier molecular flexibility index (Phi) is 10.5. The van der Waals surface area contributed by atoms with Crippen LogP contribution in [0.15, 0.2) is 96.1 Å². The van der Waals surface area contributed by atoms with Crippen LogP contribution in [0.5, 0.6) is 0 Å². The molecular formula is C43H46ClNO12. The van der Waals surface area contributed by atoms with Crippen LogP contribution in [-0.2, 0) is 23.8 Å². The number of halogens is 1. The number of hydrogen-bond donors (Lipinski definition) is 6. The first kappa shape index (κ1) is 40.7. The monoisotopic (exact) mass is 803 g/mol. The Hall–Kier alpha value is -4.47. The number of nitrogens with one attached hydrogen (secondary N) is 1. The zero-order valence-corrected chi connectivity index (χ0v) is 32.6. The fourth-order valence-corrected chi connectivity index (χ4v) is 9.68. The van der Waals surface area contributed by atoms with E-state index in [-0.39, 0.29) is 35.3 Å². The summed E-state index contributed by atoms with van der Waals surface area (Å²) in [5.74, 6) is -5.17. The Morgan fingerprint density at radius 2 is 1.51 bits per heavy atom. The van der Waals surface area contributed by atoms with Crippen molar-refractivity contribution in [3.8, 4) is 0 Å². The van der Waals surface area contributed by atoms with Gasteiger partial charge in [0, 0.05) is 34.8 Å². The normalized spacial score (nSPS) is 33.9. The average Bonchev–Trinajstić information content (AvgIpc) is 3.19. The van der Waals surface area contributed by atoms with Gasteiger partial charge in [-0.2, -0.15) is 0 Å². The summed E-state index contributed by atoms with van der Waals surface area (Å²) >= 11 is 6.00. The summed E-state index contributed by atoms with van der Waals surface area (Å²) in [5, 5.41) is 64.0. The summed E-state index contributed by atoms with van der Waals surface area (Å²) in [6.45, 7) is 5.68. The third-order valence-corrected chi connectivity index (χ3v) is 13.2. The maximum absolute atomic E-state index is 14.7. The molecule has 1 aliphatic heterocycles. The molecule has 13 nitrogen and oxygen atoms in total. The van der Waals surface area contributed by atoms with Gasteiger partial charge in [-0.25, -0.2) is 9.59 Å². The van der Waals surface area contributed by atoms with E-state index < -0.39 is 101 Å². The Morgan fingerprint density at radius 1 is 0.895 bits per heavy atom. The molecule has 4 aliphatic rings. The number of aliphatic hydroxyl groups excluding tert-OH is 3. The second kappa shape index (κ2) is 14.7. The molecule has 1 saturated heterocycles. The lowest BCUT2D eigenvalue weighted by molar-refractivity contribution is -0.343. The standard InChI is InChI=1S/C43H46ClNO12/c1-22-27(56-39(52)33(48)31(23-11-7-5-8-12-23)45-37(50)24-15-17-26(44)18-16-24)20-43(54)36(57-38(51)25-13-9-6-10-14-25)34-41(4,28(46)19-29-42(34,53)21-55-29)35(49)32(47)30(22)40(43,2)3/h5-18,27-29,31-34,36,46-48,53-54H,19-21H2,1-4H3,(H,45,50)/t27-,28-,29+,31-,32+,33+,34-,36-,41+,42-,43+/m0/s1. The van der Waals surface area contributed by atoms with Crippen molar-refractivity contribution in [3.63, 3.8) is 0 Å². The van der Waals surface area contributed by atoms with Crippen molar-refractivity contribution in [1.82, 2.24) is 5.32 Å². The fourth-order valence-electron chi connectivity index (χ4n) is 9.55. The molecule has 14 heteroatoms. The molecule has 3 fully saturated rings.